The molecule has 0 saturated carbocycles. The van der Waals surface area contributed by atoms with Crippen molar-refractivity contribution in [2.45, 2.75) is 19.8 Å². The summed E-state index contributed by atoms with van der Waals surface area (Å²) < 4.78 is 1.49. The normalized spacial score (nSPS) is 11.2. The van der Waals surface area contributed by atoms with Crippen molar-refractivity contribution in [1.29, 1.82) is 0 Å². The van der Waals surface area contributed by atoms with Crippen LogP contribution in [0.2, 0.25) is 0 Å². The Morgan fingerprint density at radius 2 is 2.25 bits per heavy atom. The second kappa shape index (κ2) is 3.48. The van der Waals surface area contributed by atoms with E-state index in [1.807, 2.05) is 13.8 Å². The van der Waals surface area contributed by atoms with Crippen LogP contribution in [0.15, 0.2) is 12.3 Å². The van der Waals surface area contributed by atoms with Crippen molar-refractivity contribution in [2.24, 2.45) is 0 Å². The summed E-state index contributed by atoms with van der Waals surface area (Å²) >= 11 is 0. The first kappa shape index (κ1) is 10.4. The summed E-state index contributed by atoms with van der Waals surface area (Å²) in [6.07, 6.45) is 1.57. The maximum atomic E-state index is 11.0. The van der Waals surface area contributed by atoms with Gasteiger partial charge in [0.05, 0.1) is 0 Å². The number of nitrogens with zero attached hydrogens (tertiary/aromatic N) is 3. The first-order valence-electron chi connectivity index (χ1n) is 4.88. The molecule has 0 bridgehead atoms. The zero-order chi connectivity index (χ0) is 11.9. The molecule has 3 N–H and O–H groups in total. The van der Waals surface area contributed by atoms with Gasteiger partial charge in [-0.05, 0) is 12.0 Å². The molecular weight excluding hydrogens is 208 g/mol. The number of carboxylic acids is 1. The van der Waals surface area contributed by atoms with Gasteiger partial charge in [0.25, 0.3) is 0 Å². The van der Waals surface area contributed by atoms with Gasteiger partial charge < -0.3 is 10.8 Å². The van der Waals surface area contributed by atoms with Crippen LogP contribution in [-0.4, -0.2) is 25.7 Å². The Kier molecular flexibility index (Phi) is 2.26. The third-order valence-corrected chi connectivity index (χ3v) is 2.38. The largest absolute Gasteiger partial charge is 0.477 e. The van der Waals surface area contributed by atoms with E-state index < -0.39 is 5.97 Å². The van der Waals surface area contributed by atoms with E-state index >= 15 is 0 Å². The SMILES string of the molecule is CC(C)c1ccnc2c(C(=O)O)c(N)nn12. The van der Waals surface area contributed by atoms with Crippen LogP contribution in [0, 0.1) is 0 Å². The van der Waals surface area contributed by atoms with Gasteiger partial charge in [0.15, 0.2) is 11.5 Å². The summed E-state index contributed by atoms with van der Waals surface area (Å²) in [7, 11) is 0. The molecule has 6 heteroatoms. The van der Waals surface area contributed by atoms with Crippen molar-refractivity contribution in [3.63, 3.8) is 0 Å². The predicted octanol–water partition coefficient (Wildman–Crippen LogP) is 1.13. The maximum absolute atomic E-state index is 11.0. The fraction of sp³-hybridized carbons (Fsp3) is 0.300. The zero-order valence-electron chi connectivity index (χ0n) is 9.01. The van der Waals surface area contributed by atoms with Crippen molar-refractivity contribution in [1.82, 2.24) is 14.6 Å². The summed E-state index contributed by atoms with van der Waals surface area (Å²) in [5.41, 5.74) is 6.70. The van der Waals surface area contributed by atoms with Crippen LogP contribution in [0.3, 0.4) is 0 Å². The Morgan fingerprint density at radius 3 is 2.81 bits per heavy atom. The minimum atomic E-state index is -1.11. The van der Waals surface area contributed by atoms with Crippen molar-refractivity contribution in [3.05, 3.63) is 23.5 Å². The summed E-state index contributed by atoms with van der Waals surface area (Å²) in [5.74, 6) is -0.902. The van der Waals surface area contributed by atoms with Crippen LogP contribution in [0.1, 0.15) is 35.8 Å². The first-order valence-corrected chi connectivity index (χ1v) is 4.88. The quantitative estimate of drug-likeness (QED) is 0.791. The number of aromatic carboxylic acids is 1. The van der Waals surface area contributed by atoms with Gasteiger partial charge >= 0.3 is 5.97 Å². The predicted molar refractivity (Wildman–Crippen MR) is 58.4 cm³/mol. The molecule has 0 aliphatic heterocycles. The molecule has 0 aliphatic rings. The number of carboxylic acid groups (broad SMARTS) is 1. The summed E-state index contributed by atoms with van der Waals surface area (Å²) in [6.45, 7) is 3.99. The third-order valence-electron chi connectivity index (χ3n) is 2.38. The molecule has 2 rings (SSSR count). The Hall–Kier alpha value is -2.11. The zero-order valence-corrected chi connectivity index (χ0v) is 9.01. The highest BCUT2D eigenvalue weighted by atomic mass is 16.4. The van der Waals surface area contributed by atoms with Gasteiger partial charge in [0.1, 0.15) is 5.56 Å². The van der Waals surface area contributed by atoms with Gasteiger partial charge in [-0.3, -0.25) is 0 Å². The van der Waals surface area contributed by atoms with Gasteiger partial charge in [-0.2, -0.15) is 0 Å². The molecule has 2 aromatic heterocycles. The number of rotatable bonds is 2. The fourth-order valence-electron chi connectivity index (χ4n) is 1.62. The monoisotopic (exact) mass is 220 g/mol. The number of hydrogen-bond acceptors (Lipinski definition) is 4. The van der Waals surface area contributed by atoms with E-state index in [-0.39, 0.29) is 22.9 Å². The molecule has 0 aliphatic carbocycles. The Balaban J connectivity index is 2.83. The number of anilines is 1. The van der Waals surface area contributed by atoms with E-state index in [2.05, 4.69) is 10.1 Å². The smallest absolute Gasteiger partial charge is 0.343 e. The molecule has 0 saturated heterocycles. The molecule has 0 atom stereocenters. The second-order valence-electron chi connectivity index (χ2n) is 3.83. The molecule has 0 radical (unpaired) electrons. The highest BCUT2D eigenvalue weighted by molar-refractivity contribution is 5.99. The van der Waals surface area contributed by atoms with Crippen LogP contribution in [0.5, 0.6) is 0 Å². The maximum Gasteiger partial charge on any atom is 0.343 e. The number of aromatic nitrogens is 3. The van der Waals surface area contributed by atoms with Crippen LogP contribution in [0.25, 0.3) is 5.65 Å². The molecule has 0 fully saturated rings. The van der Waals surface area contributed by atoms with Gasteiger partial charge in [-0.25, -0.2) is 14.3 Å². The van der Waals surface area contributed by atoms with Gasteiger partial charge in [0, 0.05) is 11.9 Å². The minimum Gasteiger partial charge on any atom is -0.477 e. The standard InChI is InChI=1S/C10H12N4O2/c1-5(2)6-3-4-12-9-7(10(15)16)8(11)13-14(6)9/h3-5H,1-2H3,(H2,11,13)(H,15,16). The van der Waals surface area contributed by atoms with Crippen molar-refractivity contribution >= 4 is 17.4 Å². The van der Waals surface area contributed by atoms with Gasteiger partial charge in [-0.15, -0.1) is 5.10 Å². The van der Waals surface area contributed by atoms with Crippen molar-refractivity contribution in [2.75, 3.05) is 5.73 Å². The molecule has 2 heterocycles. The molecule has 16 heavy (non-hydrogen) atoms. The van der Waals surface area contributed by atoms with Crippen molar-refractivity contribution in [3.8, 4) is 0 Å². The van der Waals surface area contributed by atoms with Crippen molar-refractivity contribution < 1.29 is 9.90 Å². The van der Waals surface area contributed by atoms with E-state index in [1.165, 1.54) is 4.52 Å². The second-order valence-corrected chi connectivity index (χ2v) is 3.83. The molecule has 0 spiro atoms. The number of carbonyl (C=O) groups is 1. The third kappa shape index (κ3) is 1.39. The summed E-state index contributed by atoms with van der Waals surface area (Å²) in [6, 6.07) is 1.80. The lowest BCUT2D eigenvalue weighted by Crippen LogP contribution is -2.03. The topological polar surface area (TPSA) is 93.5 Å². The molecule has 0 unspecified atom stereocenters. The molecule has 6 nitrogen and oxygen atoms in total. The minimum absolute atomic E-state index is 0.00639. The highest BCUT2D eigenvalue weighted by Crippen LogP contribution is 2.20. The lowest BCUT2D eigenvalue weighted by Gasteiger charge is -2.06. The Morgan fingerprint density at radius 1 is 1.56 bits per heavy atom. The average molecular weight is 220 g/mol. The molecule has 0 aromatic carbocycles. The van der Waals surface area contributed by atoms with E-state index in [1.54, 1.807) is 12.3 Å². The van der Waals surface area contributed by atoms with E-state index in [0.29, 0.717) is 0 Å². The van der Waals surface area contributed by atoms with E-state index in [0.717, 1.165) is 5.69 Å². The highest BCUT2D eigenvalue weighted by Gasteiger charge is 2.20. The number of nitrogens with two attached hydrogens (primary N) is 1. The van der Waals surface area contributed by atoms with Gasteiger partial charge in [0.2, 0.25) is 0 Å². The molecule has 0 amide bonds. The number of nitrogen functional groups attached to an aromatic ring is 1. The molecular formula is C10H12N4O2. The average Bonchev–Trinajstić information content (AvgIpc) is 2.52. The molecule has 84 valence electrons. The van der Waals surface area contributed by atoms with Crippen LogP contribution >= 0.6 is 0 Å². The van der Waals surface area contributed by atoms with Crippen LogP contribution in [-0.2, 0) is 0 Å². The fourth-order valence-corrected chi connectivity index (χ4v) is 1.62. The van der Waals surface area contributed by atoms with Gasteiger partial charge in [-0.1, -0.05) is 13.8 Å². The summed E-state index contributed by atoms with van der Waals surface area (Å²) in [5, 5.41) is 13.0. The Bertz CT molecular complexity index is 559. The van der Waals surface area contributed by atoms with E-state index in [4.69, 9.17) is 10.8 Å². The lowest BCUT2D eigenvalue weighted by atomic mass is 10.1. The molecule has 2 aromatic rings. The van der Waals surface area contributed by atoms with Crippen LogP contribution < -0.4 is 5.73 Å². The lowest BCUT2D eigenvalue weighted by molar-refractivity contribution is 0.0700. The van der Waals surface area contributed by atoms with E-state index in [9.17, 15) is 4.79 Å². The summed E-state index contributed by atoms with van der Waals surface area (Å²) in [4.78, 5) is 15.0. The number of hydrogen-bond donors (Lipinski definition) is 2. The number of fused-ring (bicyclic) bond motifs is 1. The van der Waals surface area contributed by atoms with Crippen LogP contribution in [0.4, 0.5) is 5.82 Å². The first-order chi connectivity index (χ1) is 7.52. The Labute approximate surface area is 91.7 Å².